The molecule has 3 heteroatoms. The van der Waals surface area contributed by atoms with Crippen molar-refractivity contribution in [2.45, 2.75) is 52.6 Å². The molecule has 2 nitrogen and oxygen atoms in total. The summed E-state index contributed by atoms with van der Waals surface area (Å²) in [6.45, 7) is 9.89. The lowest BCUT2D eigenvalue weighted by molar-refractivity contribution is -0.0478. The quantitative estimate of drug-likeness (QED) is 0.694. The van der Waals surface area contributed by atoms with E-state index in [1.165, 1.54) is 6.92 Å². The van der Waals surface area contributed by atoms with Gasteiger partial charge in [-0.25, -0.2) is 4.39 Å². The molecule has 1 N–H and O–H groups in total. The van der Waals surface area contributed by atoms with Crippen LogP contribution in [0.25, 0.3) is 0 Å². The lowest BCUT2D eigenvalue weighted by Gasteiger charge is -2.28. The fourth-order valence-electron chi connectivity index (χ4n) is 1.15. The van der Waals surface area contributed by atoms with E-state index in [9.17, 15) is 4.39 Å². The van der Waals surface area contributed by atoms with Crippen LogP contribution in [0.1, 0.15) is 34.6 Å². The number of nitrogens with one attached hydrogen (secondary N) is 1. The molecule has 1 atom stereocenters. The van der Waals surface area contributed by atoms with Gasteiger partial charge >= 0.3 is 0 Å². The number of ether oxygens (including phenoxy) is 1. The Morgan fingerprint density at radius 2 is 1.83 bits per heavy atom. The SMILES string of the molecule is CC(C)NC(C)(C)COC(C)F. The van der Waals surface area contributed by atoms with Gasteiger partial charge in [0.25, 0.3) is 0 Å². The third-order valence-electron chi connectivity index (χ3n) is 1.35. The van der Waals surface area contributed by atoms with Gasteiger partial charge in [0, 0.05) is 11.6 Å². The average molecular weight is 177 g/mol. The van der Waals surface area contributed by atoms with Crippen LogP contribution < -0.4 is 5.32 Å². The van der Waals surface area contributed by atoms with Crippen LogP contribution in [0.15, 0.2) is 0 Å². The number of alkyl halides is 1. The molecule has 0 spiro atoms. The summed E-state index contributed by atoms with van der Waals surface area (Å²) in [7, 11) is 0. The van der Waals surface area contributed by atoms with Crippen molar-refractivity contribution in [1.82, 2.24) is 5.32 Å². The molecule has 0 aromatic rings. The highest BCUT2D eigenvalue weighted by Gasteiger charge is 2.19. The number of hydrogen-bond donors (Lipinski definition) is 1. The zero-order valence-electron chi connectivity index (χ0n) is 8.65. The van der Waals surface area contributed by atoms with Gasteiger partial charge in [-0.2, -0.15) is 0 Å². The average Bonchev–Trinajstić information content (AvgIpc) is 1.81. The third kappa shape index (κ3) is 6.55. The molecule has 0 aromatic carbocycles. The predicted molar refractivity (Wildman–Crippen MR) is 48.9 cm³/mol. The topological polar surface area (TPSA) is 21.3 Å². The van der Waals surface area contributed by atoms with E-state index in [0.717, 1.165) is 0 Å². The van der Waals surface area contributed by atoms with Crippen molar-refractivity contribution in [2.75, 3.05) is 6.61 Å². The molecule has 0 aromatic heterocycles. The molecule has 0 aliphatic rings. The molecule has 0 heterocycles. The van der Waals surface area contributed by atoms with Crippen molar-refractivity contribution in [3.8, 4) is 0 Å². The summed E-state index contributed by atoms with van der Waals surface area (Å²) in [5.41, 5.74) is -0.158. The van der Waals surface area contributed by atoms with E-state index in [1.54, 1.807) is 0 Å². The summed E-state index contributed by atoms with van der Waals surface area (Å²) < 4.78 is 17.2. The number of halogens is 1. The Morgan fingerprint density at radius 1 is 1.33 bits per heavy atom. The molecule has 1 unspecified atom stereocenters. The van der Waals surface area contributed by atoms with Crippen LogP contribution in [-0.4, -0.2) is 24.5 Å². The first-order valence-corrected chi connectivity index (χ1v) is 4.37. The molecule has 0 bridgehead atoms. The summed E-state index contributed by atoms with van der Waals surface area (Å²) in [4.78, 5) is 0. The van der Waals surface area contributed by atoms with Gasteiger partial charge < -0.3 is 10.1 Å². The highest BCUT2D eigenvalue weighted by atomic mass is 19.1. The Bertz CT molecular complexity index is 124. The van der Waals surface area contributed by atoms with E-state index >= 15 is 0 Å². The molecular weight excluding hydrogens is 157 g/mol. The molecule has 0 radical (unpaired) electrons. The van der Waals surface area contributed by atoms with Crippen LogP contribution in [-0.2, 0) is 4.74 Å². The van der Waals surface area contributed by atoms with Crippen LogP contribution in [0.3, 0.4) is 0 Å². The third-order valence-corrected chi connectivity index (χ3v) is 1.35. The van der Waals surface area contributed by atoms with Crippen molar-refractivity contribution in [1.29, 1.82) is 0 Å². The fraction of sp³-hybridized carbons (Fsp3) is 1.00. The molecular formula is C9H20FNO. The molecule has 12 heavy (non-hydrogen) atoms. The molecule has 0 aliphatic carbocycles. The van der Waals surface area contributed by atoms with Crippen molar-refractivity contribution in [2.24, 2.45) is 0 Å². The molecule has 0 saturated carbocycles. The first-order chi connectivity index (χ1) is 5.33. The predicted octanol–water partition coefficient (Wildman–Crippen LogP) is 2.10. The first-order valence-electron chi connectivity index (χ1n) is 4.37. The van der Waals surface area contributed by atoms with E-state index in [-0.39, 0.29) is 5.54 Å². The standard InChI is InChI=1S/C9H20FNO/c1-7(2)11-9(4,5)6-12-8(3)10/h7-8,11H,6H2,1-5H3. The lowest BCUT2D eigenvalue weighted by atomic mass is 10.1. The maximum Gasteiger partial charge on any atom is 0.195 e. The maximum atomic E-state index is 12.3. The zero-order valence-corrected chi connectivity index (χ0v) is 8.65. The van der Waals surface area contributed by atoms with Gasteiger partial charge in [-0.15, -0.1) is 0 Å². The molecule has 0 saturated heterocycles. The van der Waals surface area contributed by atoms with E-state index in [4.69, 9.17) is 4.74 Å². The molecule has 0 rings (SSSR count). The minimum Gasteiger partial charge on any atom is -0.346 e. The van der Waals surface area contributed by atoms with E-state index in [2.05, 4.69) is 19.2 Å². The van der Waals surface area contributed by atoms with Crippen molar-refractivity contribution < 1.29 is 9.13 Å². The van der Waals surface area contributed by atoms with E-state index < -0.39 is 6.36 Å². The summed E-state index contributed by atoms with van der Waals surface area (Å²) >= 11 is 0. The summed E-state index contributed by atoms with van der Waals surface area (Å²) in [6.07, 6.45) is -1.18. The van der Waals surface area contributed by atoms with Crippen LogP contribution in [0, 0.1) is 0 Å². The van der Waals surface area contributed by atoms with Crippen LogP contribution in [0.4, 0.5) is 4.39 Å². The molecule has 0 fully saturated rings. The molecule has 0 amide bonds. The van der Waals surface area contributed by atoms with Crippen molar-refractivity contribution >= 4 is 0 Å². The van der Waals surface area contributed by atoms with Gasteiger partial charge in [-0.05, 0) is 20.8 Å². The summed E-state index contributed by atoms with van der Waals surface area (Å²) in [5.74, 6) is 0. The van der Waals surface area contributed by atoms with Crippen LogP contribution in [0.5, 0.6) is 0 Å². The first kappa shape index (κ1) is 11.8. The Hall–Kier alpha value is -0.150. The number of rotatable bonds is 5. The van der Waals surface area contributed by atoms with Gasteiger partial charge in [-0.3, -0.25) is 0 Å². The smallest absolute Gasteiger partial charge is 0.195 e. The zero-order chi connectivity index (χ0) is 9.78. The minimum absolute atomic E-state index is 0.158. The lowest BCUT2D eigenvalue weighted by Crippen LogP contribution is -2.47. The van der Waals surface area contributed by atoms with E-state index in [0.29, 0.717) is 12.6 Å². The minimum atomic E-state index is -1.18. The second kappa shape index (κ2) is 4.77. The van der Waals surface area contributed by atoms with Crippen LogP contribution in [0.2, 0.25) is 0 Å². The van der Waals surface area contributed by atoms with Crippen LogP contribution >= 0.6 is 0 Å². The normalized spacial score (nSPS) is 15.2. The van der Waals surface area contributed by atoms with E-state index in [1.807, 2.05) is 13.8 Å². The van der Waals surface area contributed by atoms with Crippen molar-refractivity contribution in [3.05, 3.63) is 0 Å². The van der Waals surface area contributed by atoms with Gasteiger partial charge in [-0.1, -0.05) is 13.8 Å². The highest BCUT2D eigenvalue weighted by Crippen LogP contribution is 2.06. The monoisotopic (exact) mass is 177 g/mol. The Kier molecular flexibility index (Phi) is 4.71. The Balaban J connectivity index is 3.71. The van der Waals surface area contributed by atoms with Gasteiger partial charge in [0.2, 0.25) is 0 Å². The fourth-order valence-corrected chi connectivity index (χ4v) is 1.15. The second-order valence-corrected chi connectivity index (χ2v) is 4.04. The largest absolute Gasteiger partial charge is 0.346 e. The summed E-state index contributed by atoms with van der Waals surface area (Å²) in [6, 6.07) is 0.388. The maximum absolute atomic E-state index is 12.3. The molecule has 0 aliphatic heterocycles. The van der Waals surface area contributed by atoms with Gasteiger partial charge in [0.1, 0.15) is 0 Å². The summed E-state index contributed by atoms with van der Waals surface area (Å²) in [5, 5.41) is 3.28. The van der Waals surface area contributed by atoms with Gasteiger partial charge in [0.05, 0.1) is 6.61 Å². The van der Waals surface area contributed by atoms with Gasteiger partial charge in [0.15, 0.2) is 6.36 Å². The van der Waals surface area contributed by atoms with Crippen molar-refractivity contribution in [3.63, 3.8) is 0 Å². The molecule has 74 valence electrons. The Labute approximate surface area is 74.5 Å². The number of hydrogen-bond acceptors (Lipinski definition) is 2. The Morgan fingerprint density at radius 3 is 2.17 bits per heavy atom. The second-order valence-electron chi connectivity index (χ2n) is 4.04. The highest BCUT2D eigenvalue weighted by molar-refractivity contribution is 4.78.